The van der Waals surface area contributed by atoms with Crippen molar-refractivity contribution in [1.29, 1.82) is 0 Å². The van der Waals surface area contributed by atoms with Crippen molar-refractivity contribution in [1.82, 2.24) is 4.98 Å². The van der Waals surface area contributed by atoms with Gasteiger partial charge in [-0.05, 0) is 31.9 Å². The Kier molecular flexibility index (Phi) is 4.08. The van der Waals surface area contributed by atoms with Crippen molar-refractivity contribution >= 4 is 11.6 Å². The molecule has 1 saturated carbocycles. The summed E-state index contributed by atoms with van der Waals surface area (Å²) in [5.41, 5.74) is -0.923. The molecule has 20 heavy (non-hydrogen) atoms. The monoisotopic (exact) mass is 289 g/mol. The van der Waals surface area contributed by atoms with Gasteiger partial charge < -0.3 is 15.7 Å². The Hall–Kier alpha value is -1.50. The average molecular weight is 289 g/mol. The summed E-state index contributed by atoms with van der Waals surface area (Å²) in [6.07, 6.45) is -2.64. The van der Waals surface area contributed by atoms with E-state index in [1.54, 1.807) is 6.92 Å². The molecule has 0 aromatic carbocycles. The van der Waals surface area contributed by atoms with Crippen LogP contribution in [0.5, 0.6) is 0 Å². The second-order valence-electron chi connectivity index (χ2n) is 5.17. The predicted molar refractivity (Wildman–Crippen MR) is 70.6 cm³/mol. The van der Waals surface area contributed by atoms with Crippen molar-refractivity contribution in [2.45, 2.75) is 25.9 Å². The summed E-state index contributed by atoms with van der Waals surface area (Å²) in [5, 5.41) is 14.9. The minimum Gasteiger partial charge on any atom is -0.396 e. The number of nitrogens with zero attached hydrogens (tertiary/aromatic N) is 1. The molecule has 3 N–H and O–H groups in total. The molecule has 1 aliphatic carbocycles. The maximum Gasteiger partial charge on any atom is 0.416 e. The zero-order valence-electron chi connectivity index (χ0n) is 11.2. The van der Waals surface area contributed by atoms with Gasteiger partial charge in [0.05, 0.1) is 12.2 Å². The van der Waals surface area contributed by atoms with E-state index in [9.17, 15) is 18.3 Å². The van der Waals surface area contributed by atoms with Crippen LogP contribution in [0.3, 0.4) is 0 Å². The first kappa shape index (κ1) is 14.9. The number of pyridine rings is 1. The van der Waals surface area contributed by atoms with E-state index in [4.69, 9.17) is 0 Å². The molecule has 0 aliphatic heterocycles. The number of aromatic nitrogens is 1. The molecule has 7 heteroatoms. The fourth-order valence-electron chi connectivity index (χ4n) is 1.90. The molecule has 1 aliphatic rings. The van der Waals surface area contributed by atoms with Crippen molar-refractivity contribution in [2.75, 3.05) is 30.3 Å². The Morgan fingerprint density at radius 1 is 1.25 bits per heavy atom. The summed E-state index contributed by atoms with van der Waals surface area (Å²) < 4.78 is 38.5. The zero-order valence-corrected chi connectivity index (χ0v) is 11.2. The lowest BCUT2D eigenvalue weighted by atomic mass is 10.1. The number of halogens is 3. The standard InChI is InChI=1S/C13H18F3N3O/c1-2-17-10-5-9(13(14,15)16)6-11(19-10)18-7-12(8-20)3-4-12/h5-6,20H,2-4,7-8H2,1H3,(H2,17,18,19). The Balaban J connectivity index is 2.16. The summed E-state index contributed by atoms with van der Waals surface area (Å²) in [5.74, 6) is 0.370. The van der Waals surface area contributed by atoms with Crippen LogP contribution in [0.25, 0.3) is 0 Å². The Morgan fingerprint density at radius 2 is 1.85 bits per heavy atom. The maximum atomic E-state index is 12.8. The van der Waals surface area contributed by atoms with Crippen LogP contribution in [-0.2, 0) is 6.18 Å². The Bertz CT molecular complexity index is 472. The molecule has 0 atom stereocenters. The molecule has 1 aromatic heterocycles. The van der Waals surface area contributed by atoms with E-state index in [1.807, 2.05) is 0 Å². The summed E-state index contributed by atoms with van der Waals surface area (Å²) in [6, 6.07) is 1.99. The number of rotatable bonds is 6. The maximum absolute atomic E-state index is 12.8. The van der Waals surface area contributed by atoms with Crippen LogP contribution < -0.4 is 10.6 Å². The van der Waals surface area contributed by atoms with Gasteiger partial charge in [-0.2, -0.15) is 13.2 Å². The van der Waals surface area contributed by atoms with Gasteiger partial charge in [-0.1, -0.05) is 0 Å². The zero-order chi connectivity index (χ0) is 14.8. The summed E-state index contributed by atoms with van der Waals surface area (Å²) in [6.45, 7) is 2.76. The van der Waals surface area contributed by atoms with Gasteiger partial charge in [0, 0.05) is 18.5 Å². The number of nitrogens with one attached hydrogen (secondary N) is 2. The van der Waals surface area contributed by atoms with E-state index in [-0.39, 0.29) is 23.7 Å². The number of aliphatic hydroxyl groups excluding tert-OH is 1. The highest BCUT2D eigenvalue weighted by Gasteiger charge is 2.42. The van der Waals surface area contributed by atoms with Crippen LogP contribution in [-0.4, -0.2) is 29.8 Å². The van der Waals surface area contributed by atoms with Gasteiger partial charge in [0.1, 0.15) is 11.6 Å². The van der Waals surface area contributed by atoms with Gasteiger partial charge in [-0.25, -0.2) is 4.98 Å². The highest BCUT2D eigenvalue weighted by molar-refractivity contribution is 5.50. The first-order chi connectivity index (χ1) is 9.38. The third-order valence-electron chi connectivity index (χ3n) is 3.45. The first-order valence-electron chi connectivity index (χ1n) is 6.56. The van der Waals surface area contributed by atoms with E-state index in [0.29, 0.717) is 13.1 Å². The van der Waals surface area contributed by atoms with E-state index in [1.165, 1.54) is 0 Å². The number of anilines is 2. The lowest BCUT2D eigenvalue weighted by Gasteiger charge is -2.16. The van der Waals surface area contributed by atoms with Crippen LogP contribution in [0.15, 0.2) is 12.1 Å². The number of hydrogen-bond donors (Lipinski definition) is 3. The summed E-state index contributed by atoms with van der Waals surface area (Å²) in [4.78, 5) is 4.10. The second-order valence-corrected chi connectivity index (χ2v) is 5.17. The fraction of sp³-hybridized carbons (Fsp3) is 0.615. The van der Waals surface area contributed by atoms with Crippen molar-refractivity contribution in [3.63, 3.8) is 0 Å². The third-order valence-corrected chi connectivity index (χ3v) is 3.45. The van der Waals surface area contributed by atoms with Gasteiger partial charge in [0.15, 0.2) is 0 Å². The lowest BCUT2D eigenvalue weighted by Crippen LogP contribution is -2.20. The normalized spacial score (nSPS) is 16.9. The van der Waals surface area contributed by atoms with Gasteiger partial charge in [-0.15, -0.1) is 0 Å². The smallest absolute Gasteiger partial charge is 0.396 e. The molecule has 4 nitrogen and oxygen atoms in total. The van der Waals surface area contributed by atoms with Crippen LogP contribution >= 0.6 is 0 Å². The average Bonchev–Trinajstić information content (AvgIpc) is 3.16. The van der Waals surface area contributed by atoms with Crippen molar-refractivity contribution in [3.05, 3.63) is 17.7 Å². The van der Waals surface area contributed by atoms with Crippen molar-refractivity contribution in [2.24, 2.45) is 5.41 Å². The highest BCUT2D eigenvalue weighted by Crippen LogP contribution is 2.45. The van der Waals surface area contributed by atoms with Crippen LogP contribution in [0.1, 0.15) is 25.3 Å². The molecule has 0 amide bonds. The van der Waals surface area contributed by atoms with Gasteiger partial charge >= 0.3 is 6.18 Å². The van der Waals surface area contributed by atoms with Crippen LogP contribution in [0.2, 0.25) is 0 Å². The molecule has 1 aromatic rings. The van der Waals surface area contributed by atoms with E-state index >= 15 is 0 Å². The molecule has 2 rings (SSSR count). The minimum atomic E-state index is -4.40. The predicted octanol–water partition coefficient (Wildman–Crippen LogP) is 2.72. The van der Waals surface area contributed by atoms with Crippen molar-refractivity contribution < 1.29 is 18.3 Å². The molecule has 1 heterocycles. The van der Waals surface area contributed by atoms with E-state index in [0.717, 1.165) is 25.0 Å². The SMILES string of the molecule is CCNc1cc(C(F)(F)F)cc(NCC2(CO)CC2)n1. The third kappa shape index (κ3) is 3.53. The topological polar surface area (TPSA) is 57.2 Å². The van der Waals surface area contributed by atoms with Gasteiger partial charge in [-0.3, -0.25) is 0 Å². The number of aliphatic hydroxyl groups is 1. The van der Waals surface area contributed by atoms with E-state index in [2.05, 4.69) is 15.6 Å². The molecule has 112 valence electrons. The summed E-state index contributed by atoms with van der Waals surface area (Å²) >= 11 is 0. The molecule has 0 saturated heterocycles. The Morgan fingerprint density at radius 3 is 2.30 bits per heavy atom. The molecule has 0 bridgehead atoms. The molecular weight excluding hydrogens is 271 g/mol. The molecule has 0 radical (unpaired) electrons. The number of hydrogen-bond acceptors (Lipinski definition) is 4. The largest absolute Gasteiger partial charge is 0.416 e. The van der Waals surface area contributed by atoms with Crippen LogP contribution in [0.4, 0.5) is 24.8 Å². The lowest BCUT2D eigenvalue weighted by molar-refractivity contribution is -0.137. The number of alkyl halides is 3. The highest BCUT2D eigenvalue weighted by atomic mass is 19.4. The quantitative estimate of drug-likeness (QED) is 0.753. The molecule has 0 unspecified atom stereocenters. The molecule has 1 fully saturated rings. The van der Waals surface area contributed by atoms with Crippen molar-refractivity contribution in [3.8, 4) is 0 Å². The first-order valence-corrected chi connectivity index (χ1v) is 6.56. The fourth-order valence-corrected chi connectivity index (χ4v) is 1.90. The van der Waals surface area contributed by atoms with Gasteiger partial charge in [0.2, 0.25) is 0 Å². The summed E-state index contributed by atoms with van der Waals surface area (Å²) in [7, 11) is 0. The molecule has 0 spiro atoms. The van der Waals surface area contributed by atoms with Gasteiger partial charge in [0.25, 0.3) is 0 Å². The van der Waals surface area contributed by atoms with Crippen LogP contribution in [0, 0.1) is 5.41 Å². The van der Waals surface area contributed by atoms with E-state index < -0.39 is 11.7 Å². The second kappa shape index (κ2) is 5.47. The molecular formula is C13H18F3N3O. The minimum absolute atomic E-state index is 0.0407. The Labute approximate surface area is 115 Å².